The number of halogens is 1. The van der Waals surface area contributed by atoms with Crippen LogP contribution in [-0.4, -0.2) is 18.4 Å². The molecule has 0 aliphatic rings. The molecular weight excluding hydrogens is 266 g/mol. The number of nitrogens with two attached hydrogens (primary N) is 2. The van der Waals surface area contributed by atoms with E-state index in [4.69, 9.17) is 23.1 Å². The Morgan fingerprint density at radius 1 is 1.42 bits per heavy atom. The van der Waals surface area contributed by atoms with E-state index in [0.29, 0.717) is 17.1 Å². The fourth-order valence-corrected chi connectivity index (χ4v) is 1.61. The van der Waals surface area contributed by atoms with Crippen LogP contribution in [0.4, 0.5) is 5.69 Å². The van der Waals surface area contributed by atoms with Crippen molar-refractivity contribution in [3.05, 3.63) is 28.8 Å². The fourth-order valence-electron chi connectivity index (χ4n) is 1.45. The first-order valence-corrected chi connectivity index (χ1v) is 6.32. The molecule has 0 radical (unpaired) electrons. The van der Waals surface area contributed by atoms with Gasteiger partial charge >= 0.3 is 0 Å². The topological polar surface area (TPSA) is 98.2 Å². The Morgan fingerprint density at radius 2 is 2.05 bits per heavy atom. The van der Waals surface area contributed by atoms with Gasteiger partial charge in [0.25, 0.3) is 0 Å². The maximum atomic E-state index is 12.2. The predicted molar refractivity (Wildman–Crippen MR) is 76.1 cm³/mol. The van der Waals surface area contributed by atoms with E-state index in [1.54, 1.807) is 6.92 Å². The van der Waals surface area contributed by atoms with Crippen molar-refractivity contribution in [2.45, 2.75) is 20.3 Å². The lowest BCUT2D eigenvalue weighted by Crippen LogP contribution is -2.39. The Bertz CT molecular complexity index is 499. The van der Waals surface area contributed by atoms with Crippen molar-refractivity contribution in [1.29, 1.82) is 0 Å². The first kappa shape index (κ1) is 15.5. The fraction of sp³-hybridized carbons (Fsp3) is 0.385. The van der Waals surface area contributed by atoms with Crippen molar-refractivity contribution < 1.29 is 9.59 Å². The first-order valence-electron chi connectivity index (χ1n) is 5.95. The molecule has 0 saturated carbocycles. The van der Waals surface area contributed by atoms with Gasteiger partial charge in [0.05, 0.1) is 16.1 Å². The van der Waals surface area contributed by atoms with Crippen LogP contribution in [-0.2, 0) is 4.79 Å². The van der Waals surface area contributed by atoms with Gasteiger partial charge in [0.15, 0.2) is 0 Å². The molecule has 0 bridgehead atoms. The zero-order valence-corrected chi connectivity index (χ0v) is 11.8. The van der Waals surface area contributed by atoms with Crippen molar-refractivity contribution in [1.82, 2.24) is 0 Å². The van der Waals surface area contributed by atoms with Crippen molar-refractivity contribution in [3.8, 4) is 0 Å². The second-order valence-corrected chi connectivity index (χ2v) is 5.04. The lowest BCUT2D eigenvalue weighted by Gasteiger charge is -2.25. The molecule has 5 nitrogen and oxygen atoms in total. The molecule has 1 rings (SSSR count). The third kappa shape index (κ3) is 3.45. The first-order chi connectivity index (χ1) is 8.84. The van der Waals surface area contributed by atoms with Gasteiger partial charge < -0.3 is 16.8 Å². The SMILES string of the molecule is CCC(C)(CN)C(=O)Nc1cc(C(N)=O)ccc1Cl. The van der Waals surface area contributed by atoms with Crippen molar-refractivity contribution >= 4 is 29.1 Å². The number of amides is 2. The van der Waals surface area contributed by atoms with Gasteiger partial charge in [0, 0.05) is 12.1 Å². The average molecular weight is 284 g/mol. The van der Waals surface area contributed by atoms with Crippen molar-refractivity contribution in [2.75, 3.05) is 11.9 Å². The van der Waals surface area contributed by atoms with Gasteiger partial charge in [-0.05, 0) is 31.5 Å². The number of anilines is 1. The number of carbonyl (C=O) groups is 2. The molecule has 19 heavy (non-hydrogen) atoms. The quantitative estimate of drug-likeness (QED) is 0.768. The van der Waals surface area contributed by atoms with Crippen molar-refractivity contribution in [2.24, 2.45) is 16.9 Å². The Hall–Kier alpha value is -1.59. The molecule has 2 amide bonds. The van der Waals surface area contributed by atoms with Crippen LogP contribution in [0.2, 0.25) is 5.02 Å². The van der Waals surface area contributed by atoms with Gasteiger partial charge in [-0.1, -0.05) is 18.5 Å². The highest BCUT2D eigenvalue weighted by Gasteiger charge is 2.30. The highest BCUT2D eigenvalue weighted by Crippen LogP contribution is 2.27. The van der Waals surface area contributed by atoms with E-state index in [1.807, 2.05) is 6.92 Å². The smallest absolute Gasteiger partial charge is 0.248 e. The third-order valence-corrected chi connectivity index (χ3v) is 3.61. The van der Waals surface area contributed by atoms with E-state index in [2.05, 4.69) is 5.32 Å². The minimum absolute atomic E-state index is 0.225. The van der Waals surface area contributed by atoms with E-state index in [0.717, 1.165) is 0 Å². The number of rotatable bonds is 5. The summed E-state index contributed by atoms with van der Waals surface area (Å²) in [7, 11) is 0. The second-order valence-electron chi connectivity index (χ2n) is 4.63. The van der Waals surface area contributed by atoms with Crippen LogP contribution >= 0.6 is 11.6 Å². The van der Waals surface area contributed by atoms with Crippen LogP contribution in [0, 0.1) is 5.41 Å². The molecule has 1 atom stereocenters. The second kappa shape index (κ2) is 6.04. The molecule has 1 aromatic carbocycles. The number of hydrogen-bond acceptors (Lipinski definition) is 3. The molecule has 0 heterocycles. The molecule has 6 heteroatoms. The number of hydrogen-bond donors (Lipinski definition) is 3. The molecule has 0 fully saturated rings. The van der Waals surface area contributed by atoms with Gasteiger partial charge in [0.1, 0.15) is 0 Å². The van der Waals surface area contributed by atoms with Crippen LogP contribution < -0.4 is 16.8 Å². The minimum atomic E-state index is -0.675. The van der Waals surface area contributed by atoms with E-state index in [1.165, 1.54) is 18.2 Å². The van der Waals surface area contributed by atoms with Crippen LogP contribution in [0.1, 0.15) is 30.6 Å². The maximum absolute atomic E-state index is 12.2. The monoisotopic (exact) mass is 283 g/mol. The van der Waals surface area contributed by atoms with Crippen molar-refractivity contribution in [3.63, 3.8) is 0 Å². The van der Waals surface area contributed by atoms with Crippen LogP contribution in [0.3, 0.4) is 0 Å². The van der Waals surface area contributed by atoms with Gasteiger partial charge in [0.2, 0.25) is 11.8 Å². The highest BCUT2D eigenvalue weighted by molar-refractivity contribution is 6.34. The predicted octanol–water partition coefficient (Wildman–Crippen LogP) is 1.75. The van der Waals surface area contributed by atoms with Crippen LogP contribution in [0.25, 0.3) is 0 Å². The van der Waals surface area contributed by atoms with E-state index < -0.39 is 11.3 Å². The number of nitrogens with one attached hydrogen (secondary N) is 1. The minimum Gasteiger partial charge on any atom is -0.366 e. The summed E-state index contributed by atoms with van der Waals surface area (Å²) in [6.07, 6.45) is 0.600. The Balaban J connectivity index is 3.02. The maximum Gasteiger partial charge on any atom is 0.248 e. The number of primary amides is 1. The summed E-state index contributed by atoms with van der Waals surface area (Å²) in [6.45, 7) is 3.88. The van der Waals surface area contributed by atoms with E-state index in [9.17, 15) is 9.59 Å². The zero-order chi connectivity index (χ0) is 14.6. The van der Waals surface area contributed by atoms with Crippen LogP contribution in [0.15, 0.2) is 18.2 Å². The van der Waals surface area contributed by atoms with Gasteiger partial charge in [-0.15, -0.1) is 0 Å². The average Bonchev–Trinajstić information content (AvgIpc) is 2.39. The highest BCUT2D eigenvalue weighted by atomic mass is 35.5. The Kier molecular flexibility index (Phi) is 4.91. The Morgan fingerprint density at radius 3 is 2.53 bits per heavy atom. The molecule has 0 aromatic heterocycles. The number of carbonyl (C=O) groups excluding carboxylic acids is 2. The largest absolute Gasteiger partial charge is 0.366 e. The molecule has 104 valence electrons. The summed E-state index contributed by atoms with van der Waals surface area (Å²) in [5.41, 5.74) is 10.8. The van der Waals surface area contributed by atoms with Gasteiger partial charge in [-0.2, -0.15) is 0 Å². The molecule has 0 aliphatic heterocycles. The van der Waals surface area contributed by atoms with Gasteiger partial charge in [-0.25, -0.2) is 0 Å². The van der Waals surface area contributed by atoms with E-state index in [-0.39, 0.29) is 18.0 Å². The molecule has 5 N–H and O–H groups in total. The summed E-state index contributed by atoms with van der Waals surface area (Å²) in [5, 5.41) is 3.03. The normalized spacial score (nSPS) is 13.7. The molecule has 1 aromatic rings. The third-order valence-electron chi connectivity index (χ3n) is 3.28. The standard InChI is InChI=1S/C13H18ClN3O2/c1-3-13(2,7-15)12(19)17-10-6-8(11(16)18)4-5-9(10)14/h4-6H,3,7,15H2,1-2H3,(H2,16,18)(H,17,19). The summed E-state index contributed by atoms with van der Waals surface area (Å²) in [4.78, 5) is 23.3. The molecule has 0 aliphatic carbocycles. The Labute approximate surface area is 117 Å². The molecular formula is C13H18ClN3O2. The lowest BCUT2D eigenvalue weighted by molar-refractivity contribution is -0.124. The molecule has 0 saturated heterocycles. The molecule has 1 unspecified atom stereocenters. The number of benzene rings is 1. The van der Waals surface area contributed by atoms with Crippen LogP contribution in [0.5, 0.6) is 0 Å². The lowest BCUT2D eigenvalue weighted by atomic mass is 9.86. The summed E-state index contributed by atoms with van der Waals surface area (Å²) in [5.74, 6) is -0.815. The summed E-state index contributed by atoms with van der Waals surface area (Å²) >= 11 is 5.98. The van der Waals surface area contributed by atoms with Gasteiger partial charge in [-0.3, -0.25) is 9.59 Å². The van der Waals surface area contributed by atoms with E-state index >= 15 is 0 Å². The zero-order valence-electron chi connectivity index (χ0n) is 11.0. The molecule has 0 spiro atoms. The summed E-state index contributed by atoms with van der Waals surface area (Å²) < 4.78 is 0. The summed E-state index contributed by atoms with van der Waals surface area (Å²) in [6, 6.07) is 4.47.